The highest BCUT2D eigenvalue weighted by atomic mass is 32.2. The van der Waals surface area contributed by atoms with Crippen LogP contribution in [0.1, 0.15) is 22.3 Å². The molecule has 0 saturated heterocycles. The molecule has 1 atom stereocenters. The summed E-state index contributed by atoms with van der Waals surface area (Å²) in [5.74, 6) is -0.258. The van der Waals surface area contributed by atoms with Crippen LogP contribution in [0.15, 0.2) is 52.7 Å². The number of anilines is 2. The number of aryl methyl sites for hydroxylation is 1. The third kappa shape index (κ3) is 3.74. The van der Waals surface area contributed by atoms with Gasteiger partial charge in [0.15, 0.2) is 0 Å². The zero-order chi connectivity index (χ0) is 19.0. The summed E-state index contributed by atoms with van der Waals surface area (Å²) in [6.45, 7) is 3.84. The number of benzene rings is 2. The first kappa shape index (κ1) is 17.8. The van der Waals surface area contributed by atoms with Crippen molar-refractivity contribution in [3.05, 3.63) is 58.4 Å². The maximum atomic E-state index is 12.6. The summed E-state index contributed by atoms with van der Waals surface area (Å²) in [6, 6.07) is 13.0. The molecule has 27 heavy (non-hydrogen) atoms. The molecule has 5 nitrogen and oxygen atoms in total. The molecule has 2 heterocycles. The summed E-state index contributed by atoms with van der Waals surface area (Å²) >= 11 is 3.11. The van der Waals surface area contributed by atoms with Crippen molar-refractivity contribution in [3.8, 4) is 11.3 Å². The Morgan fingerprint density at radius 1 is 1.19 bits per heavy atom. The second-order valence-electron chi connectivity index (χ2n) is 6.24. The molecule has 0 aliphatic carbocycles. The van der Waals surface area contributed by atoms with E-state index in [4.69, 9.17) is 0 Å². The minimum Gasteiger partial charge on any atom is -0.324 e. The van der Waals surface area contributed by atoms with Crippen LogP contribution in [0.2, 0.25) is 0 Å². The Hall–Kier alpha value is -2.64. The van der Waals surface area contributed by atoms with E-state index >= 15 is 0 Å². The van der Waals surface area contributed by atoms with Crippen molar-refractivity contribution in [1.82, 2.24) is 4.98 Å². The topological polar surface area (TPSA) is 71.1 Å². The van der Waals surface area contributed by atoms with Crippen molar-refractivity contribution in [2.45, 2.75) is 24.0 Å². The van der Waals surface area contributed by atoms with E-state index in [2.05, 4.69) is 15.6 Å². The lowest BCUT2D eigenvalue weighted by molar-refractivity contribution is -0.115. The molecule has 1 unspecified atom stereocenters. The average molecular weight is 396 g/mol. The number of hydrogen-bond donors (Lipinski definition) is 2. The number of rotatable bonds is 3. The molecule has 0 fully saturated rings. The van der Waals surface area contributed by atoms with Gasteiger partial charge in [-0.15, -0.1) is 23.1 Å². The van der Waals surface area contributed by atoms with Gasteiger partial charge in [-0.25, -0.2) is 4.98 Å². The fourth-order valence-electron chi connectivity index (χ4n) is 2.77. The Kier molecular flexibility index (Phi) is 4.72. The Labute approximate surface area is 165 Å². The van der Waals surface area contributed by atoms with E-state index in [1.54, 1.807) is 23.5 Å². The SMILES string of the molecule is Cc1nc(-c2ccc(NC(=O)c3ccc4c(c3)NC(=O)C(C)S4)cc2)cs1. The Balaban J connectivity index is 1.49. The van der Waals surface area contributed by atoms with Gasteiger partial charge in [-0.2, -0.15) is 0 Å². The number of thiazole rings is 1. The molecule has 1 aliphatic rings. The van der Waals surface area contributed by atoms with E-state index in [-0.39, 0.29) is 17.1 Å². The maximum Gasteiger partial charge on any atom is 0.255 e. The summed E-state index contributed by atoms with van der Waals surface area (Å²) in [6.07, 6.45) is 0. The van der Waals surface area contributed by atoms with Crippen molar-refractivity contribution in [3.63, 3.8) is 0 Å². The first-order chi connectivity index (χ1) is 13.0. The van der Waals surface area contributed by atoms with E-state index in [1.165, 1.54) is 11.8 Å². The van der Waals surface area contributed by atoms with Gasteiger partial charge in [0.05, 0.1) is 21.6 Å². The lowest BCUT2D eigenvalue weighted by atomic mass is 10.1. The molecule has 3 aromatic rings. The number of carbonyl (C=O) groups is 2. The molecule has 1 aromatic heterocycles. The van der Waals surface area contributed by atoms with E-state index in [0.29, 0.717) is 16.9 Å². The first-order valence-electron chi connectivity index (χ1n) is 8.45. The standard InChI is InChI=1S/C20H17N3O2S2/c1-11-19(24)23-16-9-14(5-8-18(16)27-11)20(25)22-15-6-3-13(4-7-15)17-10-26-12(2)21-17/h3-11H,1-2H3,(H,22,25)(H,23,24). The number of aromatic nitrogens is 1. The number of amides is 2. The summed E-state index contributed by atoms with van der Waals surface area (Å²) in [5.41, 5.74) is 3.85. The number of hydrogen-bond acceptors (Lipinski definition) is 5. The zero-order valence-corrected chi connectivity index (χ0v) is 16.4. The second-order valence-corrected chi connectivity index (χ2v) is 8.69. The monoisotopic (exact) mass is 395 g/mol. The second kappa shape index (κ2) is 7.17. The smallest absolute Gasteiger partial charge is 0.255 e. The molecule has 0 saturated carbocycles. The normalized spacial score (nSPS) is 15.8. The number of fused-ring (bicyclic) bond motifs is 1. The van der Waals surface area contributed by atoms with Crippen LogP contribution in [-0.4, -0.2) is 22.0 Å². The van der Waals surface area contributed by atoms with Crippen LogP contribution in [0.3, 0.4) is 0 Å². The number of carbonyl (C=O) groups excluding carboxylic acids is 2. The molecule has 136 valence electrons. The molecule has 0 radical (unpaired) electrons. The molecule has 7 heteroatoms. The van der Waals surface area contributed by atoms with Gasteiger partial charge in [-0.1, -0.05) is 12.1 Å². The summed E-state index contributed by atoms with van der Waals surface area (Å²) in [4.78, 5) is 29.8. The minimum atomic E-state index is -0.215. The summed E-state index contributed by atoms with van der Waals surface area (Å²) in [5, 5.41) is 8.66. The van der Waals surface area contributed by atoms with Crippen LogP contribution in [-0.2, 0) is 4.79 Å². The number of thioether (sulfide) groups is 1. The van der Waals surface area contributed by atoms with Gasteiger partial charge in [-0.05, 0) is 44.2 Å². The largest absolute Gasteiger partial charge is 0.324 e. The molecule has 4 rings (SSSR count). The van der Waals surface area contributed by atoms with Crippen molar-refractivity contribution < 1.29 is 9.59 Å². The molecular formula is C20H17N3O2S2. The summed E-state index contributed by atoms with van der Waals surface area (Å²) in [7, 11) is 0. The number of nitrogens with one attached hydrogen (secondary N) is 2. The minimum absolute atomic E-state index is 0.0436. The van der Waals surface area contributed by atoms with Crippen LogP contribution >= 0.6 is 23.1 Å². The van der Waals surface area contributed by atoms with Crippen LogP contribution < -0.4 is 10.6 Å². The highest BCUT2D eigenvalue weighted by Gasteiger charge is 2.23. The molecule has 1 aliphatic heterocycles. The Morgan fingerprint density at radius 2 is 1.96 bits per heavy atom. The van der Waals surface area contributed by atoms with Crippen LogP contribution in [0.4, 0.5) is 11.4 Å². The quantitative estimate of drug-likeness (QED) is 0.668. The van der Waals surface area contributed by atoms with E-state index < -0.39 is 0 Å². The van der Waals surface area contributed by atoms with Gasteiger partial charge < -0.3 is 10.6 Å². The molecule has 2 amide bonds. The number of nitrogens with zero attached hydrogens (tertiary/aromatic N) is 1. The summed E-state index contributed by atoms with van der Waals surface area (Å²) < 4.78 is 0. The Morgan fingerprint density at radius 3 is 2.67 bits per heavy atom. The molecule has 2 N–H and O–H groups in total. The molecule has 0 spiro atoms. The van der Waals surface area contributed by atoms with E-state index in [1.807, 2.05) is 49.6 Å². The Bertz CT molecular complexity index is 1030. The van der Waals surface area contributed by atoms with Gasteiger partial charge in [0.1, 0.15) is 0 Å². The van der Waals surface area contributed by atoms with Gasteiger partial charge in [-0.3, -0.25) is 9.59 Å². The third-order valence-electron chi connectivity index (χ3n) is 4.23. The molecule has 2 aromatic carbocycles. The van der Waals surface area contributed by atoms with E-state index in [9.17, 15) is 9.59 Å². The van der Waals surface area contributed by atoms with Crippen molar-refractivity contribution >= 4 is 46.3 Å². The highest BCUT2D eigenvalue weighted by molar-refractivity contribution is 8.00. The van der Waals surface area contributed by atoms with Crippen LogP contribution in [0.5, 0.6) is 0 Å². The van der Waals surface area contributed by atoms with Crippen LogP contribution in [0.25, 0.3) is 11.3 Å². The van der Waals surface area contributed by atoms with Crippen LogP contribution in [0, 0.1) is 6.92 Å². The third-order valence-corrected chi connectivity index (χ3v) is 6.18. The fraction of sp³-hybridized carbons (Fsp3) is 0.150. The first-order valence-corrected chi connectivity index (χ1v) is 10.2. The average Bonchev–Trinajstić information content (AvgIpc) is 3.09. The predicted molar refractivity (Wildman–Crippen MR) is 111 cm³/mol. The lowest BCUT2D eigenvalue weighted by Crippen LogP contribution is -2.26. The molecule has 0 bridgehead atoms. The fourth-order valence-corrected chi connectivity index (χ4v) is 4.33. The van der Waals surface area contributed by atoms with Gasteiger partial charge in [0, 0.05) is 27.1 Å². The predicted octanol–water partition coefficient (Wildman–Crippen LogP) is 4.80. The molecular weight excluding hydrogens is 378 g/mol. The zero-order valence-electron chi connectivity index (χ0n) is 14.8. The van der Waals surface area contributed by atoms with E-state index in [0.717, 1.165) is 21.2 Å². The lowest BCUT2D eigenvalue weighted by Gasteiger charge is -2.21. The highest BCUT2D eigenvalue weighted by Crippen LogP contribution is 2.36. The van der Waals surface area contributed by atoms with Crippen molar-refractivity contribution in [1.29, 1.82) is 0 Å². The maximum absolute atomic E-state index is 12.6. The van der Waals surface area contributed by atoms with Gasteiger partial charge in [0.2, 0.25) is 5.91 Å². The van der Waals surface area contributed by atoms with Crippen molar-refractivity contribution in [2.75, 3.05) is 10.6 Å². The van der Waals surface area contributed by atoms with Gasteiger partial charge >= 0.3 is 0 Å². The van der Waals surface area contributed by atoms with Crippen molar-refractivity contribution in [2.24, 2.45) is 0 Å². The van der Waals surface area contributed by atoms with Gasteiger partial charge in [0.25, 0.3) is 5.91 Å².